The minimum absolute atomic E-state index is 0.246. The summed E-state index contributed by atoms with van der Waals surface area (Å²) in [6.45, 7) is 12.4. The highest BCUT2D eigenvalue weighted by Crippen LogP contribution is 2.47. The second-order valence-electron chi connectivity index (χ2n) is 6.13. The van der Waals surface area contributed by atoms with Crippen LogP contribution in [-0.4, -0.2) is 15.5 Å². The molecule has 0 saturated heterocycles. The number of hydrogen-bond acceptors (Lipinski definition) is 1. The van der Waals surface area contributed by atoms with E-state index >= 15 is 0 Å². The van der Waals surface area contributed by atoms with Crippen LogP contribution in [0.4, 0.5) is 0 Å². The van der Waals surface area contributed by atoms with Crippen LogP contribution in [0.3, 0.4) is 0 Å². The molecular formula is C15H25BrO. The molecule has 1 aliphatic carbocycles. The Balaban J connectivity index is 2.77. The first kappa shape index (κ1) is 15.0. The number of hydrogen-bond donors (Lipinski definition) is 1. The summed E-state index contributed by atoms with van der Waals surface area (Å²) in [7, 11) is 0. The number of aliphatic hydroxyl groups is 1. The monoisotopic (exact) mass is 300 g/mol. The summed E-state index contributed by atoms with van der Waals surface area (Å²) in [5.74, 6) is 0.534. The largest absolute Gasteiger partial charge is 0.386 e. The highest BCUT2D eigenvalue weighted by atomic mass is 79.9. The predicted octanol–water partition coefficient (Wildman–Crippen LogP) is 4.46. The Morgan fingerprint density at radius 1 is 1.65 bits per heavy atom. The van der Waals surface area contributed by atoms with Crippen molar-refractivity contribution in [3.05, 3.63) is 24.3 Å². The van der Waals surface area contributed by atoms with E-state index in [4.69, 9.17) is 0 Å². The quantitative estimate of drug-likeness (QED) is 0.600. The van der Waals surface area contributed by atoms with E-state index in [-0.39, 0.29) is 5.41 Å². The molecule has 0 radical (unpaired) electrons. The molecule has 1 N–H and O–H groups in total. The summed E-state index contributed by atoms with van der Waals surface area (Å²) in [6, 6.07) is 0. The SMILES string of the molecule is C=CC(C)(O)CC[C@@H]1C(C)=CC[C@H](Br)C1(C)C. The van der Waals surface area contributed by atoms with Gasteiger partial charge in [0.05, 0.1) is 5.60 Å². The van der Waals surface area contributed by atoms with E-state index in [0.29, 0.717) is 10.7 Å². The van der Waals surface area contributed by atoms with E-state index in [1.807, 2.05) is 6.92 Å². The standard InChI is InChI=1S/C15H25BrO/c1-6-15(5,17)10-9-12-11(2)7-8-13(16)14(12,3)4/h6-7,12-13,17H,1,8-10H2,2-5H3/t12-,13+,15?/m1/s1. The topological polar surface area (TPSA) is 20.2 Å². The predicted molar refractivity (Wildman–Crippen MR) is 78.4 cm³/mol. The first-order valence-electron chi connectivity index (χ1n) is 6.37. The van der Waals surface area contributed by atoms with Gasteiger partial charge in [0, 0.05) is 4.83 Å². The summed E-state index contributed by atoms with van der Waals surface area (Å²) in [4.78, 5) is 0.525. The Labute approximate surface area is 114 Å². The van der Waals surface area contributed by atoms with Crippen LogP contribution in [0.15, 0.2) is 24.3 Å². The van der Waals surface area contributed by atoms with Crippen LogP contribution in [-0.2, 0) is 0 Å². The molecule has 0 aromatic heterocycles. The minimum atomic E-state index is -0.740. The number of halogens is 1. The maximum Gasteiger partial charge on any atom is 0.0797 e. The lowest BCUT2D eigenvalue weighted by molar-refractivity contribution is 0.0839. The highest BCUT2D eigenvalue weighted by molar-refractivity contribution is 9.09. The van der Waals surface area contributed by atoms with Gasteiger partial charge >= 0.3 is 0 Å². The van der Waals surface area contributed by atoms with Gasteiger partial charge in [-0.2, -0.15) is 0 Å². The molecule has 17 heavy (non-hydrogen) atoms. The zero-order chi connectivity index (χ0) is 13.3. The highest BCUT2D eigenvalue weighted by Gasteiger charge is 2.39. The van der Waals surface area contributed by atoms with Gasteiger partial charge in [0.25, 0.3) is 0 Å². The van der Waals surface area contributed by atoms with Crippen molar-refractivity contribution >= 4 is 15.9 Å². The summed E-state index contributed by atoms with van der Waals surface area (Å²) in [5.41, 5.74) is 0.969. The number of rotatable bonds is 4. The third kappa shape index (κ3) is 3.45. The lowest BCUT2D eigenvalue weighted by Crippen LogP contribution is -2.37. The third-order valence-electron chi connectivity index (χ3n) is 4.28. The average molecular weight is 301 g/mol. The van der Waals surface area contributed by atoms with E-state index in [2.05, 4.69) is 49.4 Å². The van der Waals surface area contributed by atoms with Crippen molar-refractivity contribution in [1.82, 2.24) is 0 Å². The van der Waals surface area contributed by atoms with E-state index < -0.39 is 5.60 Å². The Morgan fingerprint density at radius 2 is 2.24 bits per heavy atom. The molecule has 0 aromatic rings. The molecule has 3 atom stereocenters. The Bertz CT molecular complexity index is 315. The maximum atomic E-state index is 10.0. The average Bonchev–Trinajstić information content (AvgIpc) is 2.23. The van der Waals surface area contributed by atoms with Gasteiger partial charge in [-0.25, -0.2) is 0 Å². The molecule has 0 saturated carbocycles. The van der Waals surface area contributed by atoms with Crippen molar-refractivity contribution in [2.45, 2.75) is 57.4 Å². The van der Waals surface area contributed by atoms with Crippen LogP contribution in [0.2, 0.25) is 0 Å². The summed E-state index contributed by atoms with van der Waals surface area (Å²) < 4.78 is 0. The van der Waals surface area contributed by atoms with E-state index in [0.717, 1.165) is 19.3 Å². The Hall–Kier alpha value is -0.0800. The van der Waals surface area contributed by atoms with Crippen molar-refractivity contribution in [3.63, 3.8) is 0 Å². The van der Waals surface area contributed by atoms with Crippen molar-refractivity contribution < 1.29 is 5.11 Å². The third-order valence-corrected chi connectivity index (χ3v) is 5.83. The minimum Gasteiger partial charge on any atom is -0.386 e. The normalized spacial score (nSPS) is 31.5. The van der Waals surface area contributed by atoms with Gasteiger partial charge in [0.15, 0.2) is 0 Å². The maximum absolute atomic E-state index is 10.0. The molecule has 0 spiro atoms. The van der Waals surface area contributed by atoms with E-state index in [1.165, 1.54) is 5.57 Å². The van der Waals surface area contributed by atoms with Gasteiger partial charge in [-0.3, -0.25) is 0 Å². The Kier molecular flexibility index (Phi) is 4.65. The van der Waals surface area contributed by atoms with E-state index in [1.54, 1.807) is 6.08 Å². The Morgan fingerprint density at radius 3 is 2.76 bits per heavy atom. The van der Waals surface area contributed by atoms with Crippen molar-refractivity contribution in [1.29, 1.82) is 0 Å². The lowest BCUT2D eigenvalue weighted by Gasteiger charge is -2.43. The van der Waals surface area contributed by atoms with Crippen molar-refractivity contribution in [2.24, 2.45) is 11.3 Å². The molecule has 98 valence electrons. The van der Waals surface area contributed by atoms with Gasteiger partial charge in [-0.1, -0.05) is 47.5 Å². The molecule has 0 aliphatic heterocycles. The summed E-state index contributed by atoms with van der Waals surface area (Å²) in [6.07, 6.45) is 6.87. The molecule has 0 fully saturated rings. The number of alkyl halides is 1. The van der Waals surface area contributed by atoms with Crippen LogP contribution in [0.1, 0.15) is 47.0 Å². The van der Waals surface area contributed by atoms with Crippen LogP contribution in [0.25, 0.3) is 0 Å². The zero-order valence-corrected chi connectivity index (χ0v) is 13.0. The fourth-order valence-corrected chi connectivity index (χ4v) is 3.18. The summed E-state index contributed by atoms with van der Waals surface area (Å²) in [5, 5.41) is 10.0. The molecule has 1 rings (SSSR count). The fraction of sp³-hybridized carbons (Fsp3) is 0.733. The molecule has 1 unspecified atom stereocenters. The smallest absolute Gasteiger partial charge is 0.0797 e. The lowest BCUT2D eigenvalue weighted by atomic mass is 9.66. The van der Waals surface area contributed by atoms with Crippen molar-refractivity contribution in [2.75, 3.05) is 0 Å². The van der Waals surface area contributed by atoms with Crippen LogP contribution in [0, 0.1) is 11.3 Å². The second-order valence-corrected chi connectivity index (χ2v) is 7.23. The first-order valence-corrected chi connectivity index (χ1v) is 7.29. The molecule has 0 aromatic carbocycles. The molecule has 0 amide bonds. The molecule has 0 heterocycles. The van der Waals surface area contributed by atoms with Gasteiger partial charge in [-0.15, -0.1) is 6.58 Å². The molecule has 2 heteroatoms. The van der Waals surface area contributed by atoms with Crippen LogP contribution >= 0.6 is 15.9 Å². The van der Waals surface area contributed by atoms with Crippen LogP contribution in [0.5, 0.6) is 0 Å². The van der Waals surface area contributed by atoms with Gasteiger partial charge in [0.1, 0.15) is 0 Å². The molecule has 0 bridgehead atoms. The van der Waals surface area contributed by atoms with Crippen LogP contribution < -0.4 is 0 Å². The molecular weight excluding hydrogens is 276 g/mol. The first-order chi connectivity index (χ1) is 7.70. The second kappa shape index (κ2) is 5.27. The zero-order valence-electron chi connectivity index (χ0n) is 11.5. The van der Waals surface area contributed by atoms with E-state index in [9.17, 15) is 5.11 Å². The van der Waals surface area contributed by atoms with Gasteiger partial charge in [0.2, 0.25) is 0 Å². The molecule has 1 aliphatic rings. The molecule has 1 nitrogen and oxygen atoms in total. The fourth-order valence-electron chi connectivity index (χ4n) is 2.68. The van der Waals surface area contributed by atoms with Gasteiger partial charge in [-0.05, 0) is 44.4 Å². The summed E-state index contributed by atoms with van der Waals surface area (Å²) >= 11 is 3.79. The van der Waals surface area contributed by atoms with Crippen molar-refractivity contribution in [3.8, 4) is 0 Å². The number of allylic oxidation sites excluding steroid dienone is 2. The van der Waals surface area contributed by atoms with Gasteiger partial charge < -0.3 is 5.11 Å².